The fourth-order valence-corrected chi connectivity index (χ4v) is 13.3. The molecule has 0 radical (unpaired) electrons. The number of aromatic nitrogens is 2. The molecule has 11 rings (SSSR count). The third kappa shape index (κ3) is 8.53. The van der Waals surface area contributed by atoms with Gasteiger partial charge in [0.25, 0.3) is 0 Å². The number of aromatic hydroxyl groups is 2. The highest BCUT2D eigenvalue weighted by atomic mass is 28.3. The predicted molar refractivity (Wildman–Crippen MR) is 298 cm³/mol. The summed E-state index contributed by atoms with van der Waals surface area (Å²) in [5.41, 5.74) is 7.23. The third-order valence-electron chi connectivity index (χ3n) is 15.0. The molecule has 0 unspecified atom stereocenters. The smallest absolute Gasteiger partial charge is 0.147 e. The Bertz CT molecular complexity index is 3370. The van der Waals surface area contributed by atoms with Crippen LogP contribution in [0.2, 0.25) is 39.3 Å². The maximum absolute atomic E-state index is 15.5. The summed E-state index contributed by atoms with van der Waals surface area (Å²) in [5.74, 6) is 0.462. The molecule has 0 amide bonds. The van der Waals surface area contributed by atoms with Crippen molar-refractivity contribution in [2.45, 2.75) is 65.0 Å². The van der Waals surface area contributed by atoms with Crippen molar-refractivity contribution >= 4 is 70.1 Å². The highest BCUT2D eigenvalue weighted by Gasteiger charge is 2.31. The van der Waals surface area contributed by atoms with E-state index in [0.29, 0.717) is 58.3 Å². The molecule has 1 fully saturated rings. The van der Waals surface area contributed by atoms with Gasteiger partial charge >= 0.3 is 0 Å². The van der Waals surface area contributed by atoms with Crippen LogP contribution in [0.1, 0.15) is 25.7 Å². The second-order valence-corrected chi connectivity index (χ2v) is 31.9. The minimum absolute atomic E-state index is 0.0570. The van der Waals surface area contributed by atoms with Gasteiger partial charge in [-0.1, -0.05) is 147 Å². The molecule has 2 N–H and O–H groups in total. The van der Waals surface area contributed by atoms with Crippen LogP contribution in [0.15, 0.2) is 158 Å². The van der Waals surface area contributed by atoms with E-state index in [0.717, 1.165) is 79.7 Å². The van der Waals surface area contributed by atoms with Gasteiger partial charge in [0.05, 0.1) is 62.8 Å². The first-order chi connectivity index (χ1) is 34.6. The number of hydrogen-bond acceptors (Lipinski definition) is 4. The van der Waals surface area contributed by atoms with Crippen LogP contribution in [0.5, 0.6) is 23.0 Å². The van der Waals surface area contributed by atoms with Crippen LogP contribution in [0.3, 0.4) is 0 Å². The zero-order chi connectivity index (χ0) is 50.1. The molecular formula is C62H60F2N2O4Si2. The predicted octanol–water partition coefficient (Wildman–Crippen LogP) is 15.3. The molecule has 2 aromatic heterocycles. The van der Waals surface area contributed by atoms with Crippen LogP contribution in [0, 0.1) is 23.5 Å². The standard InChI is InChI=1S/C62H60F2N2O4Si2/c1-71(2,3)43-33-51(61(67)57(35-43)65-53-23-13-9-19-45(53)46-20-10-14-24-54(46)65)49-31-41(63)27-29-59(49)69-37-39-17-7-8-18-40(39)38-70-60-30-28-42(64)32-50(60)52-34-44(72(4,5)6)36-58(62(52)68)66-55-25-15-11-21-47(55)48-22-12-16-26-56(48)66/h9-16,19-36,39-40,67-68H,7-8,17-18,37-38H2,1-6H3/t39-,40-/m0/s1. The minimum atomic E-state index is -2.01. The van der Waals surface area contributed by atoms with Crippen molar-refractivity contribution < 1.29 is 28.5 Å². The van der Waals surface area contributed by atoms with Crippen molar-refractivity contribution in [2.75, 3.05) is 13.2 Å². The molecule has 0 bridgehead atoms. The lowest BCUT2D eigenvalue weighted by Gasteiger charge is -2.32. The fraction of sp³-hybridized carbons (Fsp3) is 0.226. The summed E-state index contributed by atoms with van der Waals surface area (Å²) < 4.78 is 48.9. The molecule has 1 aliphatic carbocycles. The first kappa shape index (κ1) is 47.2. The molecule has 2 atom stereocenters. The Labute approximate surface area is 421 Å². The lowest BCUT2D eigenvalue weighted by Crippen LogP contribution is -2.38. The van der Waals surface area contributed by atoms with Gasteiger partial charge in [-0.2, -0.15) is 0 Å². The van der Waals surface area contributed by atoms with Crippen LogP contribution in [-0.2, 0) is 0 Å². The van der Waals surface area contributed by atoms with Crippen molar-refractivity contribution in [3.8, 4) is 56.6 Å². The summed E-state index contributed by atoms with van der Waals surface area (Å²) in [4.78, 5) is 0. The zero-order valence-electron chi connectivity index (χ0n) is 41.8. The van der Waals surface area contributed by atoms with Gasteiger partial charge in [0, 0.05) is 43.8 Å². The second kappa shape index (κ2) is 18.5. The molecule has 8 aromatic carbocycles. The van der Waals surface area contributed by atoms with Crippen molar-refractivity contribution in [1.29, 1.82) is 0 Å². The van der Waals surface area contributed by atoms with Gasteiger partial charge in [-0.15, -0.1) is 0 Å². The average Bonchev–Trinajstić information content (AvgIpc) is 3.88. The van der Waals surface area contributed by atoms with E-state index in [4.69, 9.17) is 9.47 Å². The average molecular weight is 991 g/mol. The third-order valence-corrected chi connectivity index (χ3v) is 19.0. The summed E-state index contributed by atoms with van der Waals surface area (Å²) in [7, 11) is -4.02. The summed E-state index contributed by atoms with van der Waals surface area (Å²) in [5, 5.41) is 31.5. The van der Waals surface area contributed by atoms with Gasteiger partial charge in [0.2, 0.25) is 0 Å². The Kier molecular flexibility index (Phi) is 12.1. The first-order valence-electron chi connectivity index (χ1n) is 25.2. The SMILES string of the molecule is C[Si](C)(C)c1cc(-c2cc(F)ccc2OC[C@@H]2CCCC[C@H]2COc2ccc(F)cc2-c2cc([Si](C)(C)C)cc(-n3c4ccccc4c4ccccc43)c2O)c(O)c(-n2c3ccccc3c3ccccc32)c1. The van der Waals surface area contributed by atoms with E-state index in [9.17, 15) is 10.2 Å². The van der Waals surface area contributed by atoms with Crippen molar-refractivity contribution in [2.24, 2.45) is 11.8 Å². The molecule has 2 heterocycles. The molecule has 0 aliphatic heterocycles. The van der Waals surface area contributed by atoms with E-state index < -0.39 is 27.8 Å². The highest BCUT2D eigenvalue weighted by molar-refractivity contribution is 6.89. The molecule has 72 heavy (non-hydrogen) atoms. The lowest BCUT2D eigenvalue weighted by molar-refractivity contribution is 0.105. The second-order valence-electron chi connectivity index (χ2n) is 21.7. The Morgan fingerprint density at radius 1 is 0.444 bits per heavy atom. The molecule has 0 saturated heterocycles. The molecule has 364 valence electrons. The number of halogens is 2. The molecule has 10 aromatic rings. The summed E-state index contributed by atoms with van der Waals surface area (Å²) >= 11 is 0. The quantitative estimate of drug-likeness (QED) is 0.120. The van der Waals surface area contributed by atoms with Crippen molar-refractivity contribution in [3.05, 3.63) is 169 Å². The topological polar surface area (TPSA) is 68.8 Å². The fourth-order valence-electron chi connectivity index (χ4n) is 11.0. The van der Waals surface area contributed by atoms with E-state index in [1.54, 1.807) is 12.1 Å². The molecule has 1 saturated carbocycles. The summed E-state index contributed by atoms with van der Waals surface area (Å²) in [6, 6.07) is 50.4. The summed E-state index contributed by atoms with van der Waals surface area (Å²) in [6.45, 7) is 14.4. The van der Waals surface area contributed by atoms with Gasteiger partial charge in [-0.05, 0) is 97.5 Å². The molecule has 0 spiro atoms. The number of hydrogen-bond donors (Lipinski definition) is 2. The van der Waals surface area contributed by atoms with Crippen LogP contribution < -0.4 is 19.8 Å². The first-order valence-corrected chi connectivity index (χ1v) is 32.2. The van der Waals surface area contributed by atoms with E-state index in [1.165, 1.54) is 24.3 Å². The van der Waals surface area contributed by atoms with Crippen molar-refractivity contribution in [1.82, 2.24) is 9.13 Å². The lowest BCUT2D eigenvalue weighted by atomic mass is 9.80. The number of benzene rings is 8. The van der Waals surface area contributed by atoms with Crippen LogP contribution in [0.4, 0.5) is 8.78 Å². The van der Waals surface area contributed by atoms with Gasteiger partial charge in [-0.25, -0.2) is 8.78 Å². The molecule has 6 nitrogen and oxygen atoms in total. The normalized spacial score (nSPS) is 15.5. The number of fused-ring (bicyclic) bond motifs is 6. The maximum atomic E-state index is 15.5. The maximum Gasteiger partial charge on any atom is 0.147 e. The van der Waals surface area contributed by atoms with Gasteiger partial charge in [0.1, 0.15) is 34.6 Å². The number of phenols is 2. The van der Waals surface area contributed by atoms with Gasteiger partial charge < -0.3 is 28.8 Å². The minimum Gasteiger partial charge on any atom is -0.505 e. The molecule has 1 aliphatic rings. The van der Waals surface area contributed by atoms with Gasteiger partial charge in [-0.3, -0.25) is 0 Å². The van der Waals surface area contributed by atoms with E-state index in [1.807, 2.05) is 60.7 Å². The number of nitrogens with zero attached hydrogens (tertiary/aromatic N) is 2. The Hall–Kier alpha value is -7.15. The monoisotopic (exact) mass is 990 g/mol. The van der Waals surface area contributed by atoms with E-state index in [2.05, 4.69) is 109 Å². The molecular weight excluding hydrogens is 931 g/mol. The van der Waals surface area contributed by atoms with Crippen LogP contribution in [-0.4, -0.2) is 48.7 Å². The zero-order valence-corrected chi connectivity index (χ0v) is 43.8. The van der Waals surface area contributed by atoms with Crippen LogP contribution >= 0.6 is 0 Å². The van der Waals surface area contributed by atoms with E-state index >= 15 is 8.78 Å². The summed E-state index contributed by atoms with van der Waals surface area (Å²) in [6.07, 6.45) is 3.89. The highest BCUT2D eigenvalue weighted by Crippen LogP contribution is 2.45. The number of phenolic OH excluding ortho intramolecular Hbond substituents is 2. The Balaban J connectivity index is 0.920. The van der Waals surface area contributed by atoms with Crippen LogP contribution in [0.25, 0.3) is 77.2 Å². The van der Waals surface area contributed by atoms with Crippen molar-refractivity contribution in [3.63, 3.8) is 0 Å². The molecule has 10 heteroatoms. The Morgan fingerprint density at radius 3 is 1.11 bits per heavy atom. The Morgan fingerprint density at radius 2 is 0.778 bits per heavy atom. The van der Waals surface area contributed by atoms with Gasteiger partial charge in [0.15, 0.2) is 0 Å². The number of rotatable bonds is 12. The number of para-hydroxylation sites is 4. The number of ether oxygens (including phenoxy) is 2. The van der Waals surface area contributed by atoms with E-state index in [-0.39, 0.29) is 23.3 Å². The largest absolute Gasteiger partial charge is 0.505 e.